The van der Waals surface area contributed by atoms with Crippen molar-refractivity contribution in [1.82, 2.24) is 4.98 Å². The molecule has 3 aromatic rings. The maximum atomic E-state index is 10.8. The number of hydrogen-bond acceptors (Lipinski definition) is 6. The van der Waals surface area contributed by atoms with E-state index in [4.69, 9.17) is 0 Å². The number of benzene rings is 2. The SMILES string of the molecule is O=[N+]([O-])c1ccc2nc(/C=C/c3cc(O)ccc3O)sc2c1. The van der Waals surface area contributed by atoms with Crippen molar-refractivity contribution in [1.29, 1.82) is 0 Å². The Labute approximate surface area is 128 Å². The molecule has 0 saturated heterocycles. The van der Waals surface area contributed by atoms with Crippen LogP contribution in [0.2, 0.25) is 0 Å². The molecule has 0 fully saturated rings. The molecular formula is C15H10N2O4S. The molecule has 3 rings (SSSR count). The van der Waals surface area contributed by atoms with Gasteiger partial charge in [0.2, 0.25) is 0 Å². The quantitative estimate of drug-likeness (QED) is 0.435. The van der Waals surface area contributed by atoms with Crippen LogP contribution in [0.25, 0.3) is 22.4 Å². The van der Waals surface area contributed by atoms with Gasteiger partial charge in [-0.3, -0.25) is 10.1 Å². The number of aromatic nitrogens is 1. The molecular weight excluding hydrogens is 304 g/mol. The summed E-state index contributed by atoms with van der Waals surface area (Å²) < 4.78 is 0.717. The van der Waals surface area contributed by atoms with Gasteiger partial charge in [0.15, 0.2) is 0 Å². The molecule has 0 bridgehead atoms. The largest absolute Gasteiger partial charge is 0.508 e. The number of hydrogen-bond donors (Lipinski definition) is 2. The van der Waals surface area contributed by atoms with Gasteiger partial charge in [-0.1, -0.05) is 0 Å². The van der Waals surface area contributed by atoms with E-state index >= 15 is 0 Å². The van der Waals surface area contributed by atoms with Gasteiger partial charge in [-0.25, -0.2) is 4.98 Å². The first kappa shape index (κ1) is 14.0. The molecule has 22 heavy (non-hydrogen) atoms. The minimum absolute atomic E-state index is 0.0253. The molecule has 0 radical (unpaired) electrons. The van der Waals surface area contributed by atoms with Crippen LogP contribution in [0.1, 0.15) is 10.6 Å². The smallest absolute Gasteiger partial charge is 0.270 e. The van der Waals surface area contributed by atoms with Crippen LogP contribution < -0.4 is 0 Å². The molecule has 0 unspecified atom stereocenters. The third kappa shape index (κ3) is 2.75. The van der Waals surface area contributed by atoms with E-state index < -0.39 is 4.92 Å². The summed E-state index contributed by atoms with van der Waals surface area (Å²) in [4.78, 5) is 14.7. The van der Waals surface area contributed by atoms with Gasteiger partial charge in [-0.15, -0.1) is 11.3 Å². The van der Waals surface area contributed by atoms with Crippen molar-refractivity contribution in [3.63, 3.8) is 0 Å². The Morgan fingerprint density at radius 3 is 2.73 bits per heavy atom. The van der Waals surface area contributed by atoms with E-state index in [2.05, 4.69) is 4.98 Å². The van der Waals surface area contributed by atoms with Gasteiger partial charge in [-0.05, 0) is 36.4 Å². The number of thiazole rings is 1. The summed E-state index contributed by atoms with van der Waals surface area (Å²) in [5.41, 5.74) is 1.16. The van der Waals surface area contributed by atoms with Crippen molar-refractivity contribution in [2.24, 2.45) is 0 Å². The van der Waals surface area contributed by atoms with E-state index in [-0.39, 0.29) is 17.2 Å². The molecule has 0 spiro atoms. The number of aromatic hydroxyl groups is 2. The Kier molecular flexibility index (Phi) is 3.48. The average molecular weight is 314 g/mol. The van der Waals surface area contributed by atoms with Crippen molar-refractivity contribution < 1.29 is 15.1 Å². The summed E-state index contributed by atoms with van der Waals surface area (Å²) in [5, 5.41) is 30.5. The lowest BCUT2D eigenvalue weighted by atomic mass is 10.2. The highest BCUT2D eigenvalue weighted by molar-refractivity contribution is 7.19. The van der Waals surface area contributed by atoms with Gasteiger partial charge in [0.05, 0.1) is 15.1 Å². The van der Waals surface area contributed by atoms with Crippen LogP contribution in [0, 0.1) is 10.1 Å². The molecule has 0 aliphatic heterocycles. The summed E-state index contributed by atoms with van der Waals surface area (Å²) in [7, 11) is 0. The fourth-order valence-corrected chi connectivity index (χ4v) is 2.86. The first-order valence-electron chi connectivity index (χ1n) is 6.28. The van der Waals surface area contributed by atoms with Crippen molar-refractivity contribution in [3.8, 4) is 11.5 Å². The summed E-state index contributed by atoms with van der Waals surface area (Å²) in [6.45, 7) is 0. The van der Waals surface area contributed by atoms with Gasteiger partial charge >= 0.3 is 0 Å². The zero-order chi connectivity index (χ0) is 15.7. The van der Waals surface area contributed by atoms with E-state index in [0.717, 1.165) is 0 Å². The predicted octanol–water partition coefficient (Wildman–Crippen LogP) is 3.79. The third-order valence-corrected chi connectivity index (χ3v) is 4.00. The zero-order valence-electron chi connectivity index (χ0n) is 11.1. The molecule has 7 heteroatoms. The summed E-state index contributed by atoms with van der Waals surface area (Å²) in [6.07, 6.45) is 3.31. The number of rotatable bonds is 3. The monoisotopic (exact) mass is 314 g/mol. The Bertz CT molecular complexity index is 902. The van der Waals surface area contributed by atoms with E-state index in [1.165, 1.54) is 41.7 Å². The van der Waals surface area contributed by atoms with Crippen LogP contribution in [0.4, 0.5) is 5.69 Å². The minimum atomic E-state index is -0.445. The molecule has 0 saturated carbocycles. The Hall–Kier alpha value is -2.93. The number of phenolic OH excluding ortho intramolecular Hbond substituents is 2. The number of nitro groups is 1. The van der Waals surface area contributed by atoms with Gasteiger partial charge in [-0.2, -0.15) is 0 Å². The first-order chi connectivity index (χ1) is 10.5. The molecule has 2 N–H and O–H groups in total. The van der Waals surface area contributed by atoms with Crippen LogP contribution >= 0.6 is 11.3 Å². The van der Waals surface area contributed by atoms with Crippen LogP contribution in [0.3, 0.4) is 0 Å². The molecule has 1 aromatic heterocycles. The van der Waals surface area contributed by atoms with Crippen molar-refractivity contribution in [2.45, 2.75) is 0 Å². The van der Waals surface area contributed by atoms with Crippen LogP contribution in [0.15, 0.2) is 36.4 Å². The number of non-ortho nitro benzene ring substituents is 1. The summed E-state index contributed by atoms with van der Waals surface area (Å²) in [6, 6.07) is 8.73. The normalized spacial score (nSPS) is 11.3. The van der Waals surface area contributed by atoms with Crippen molar-refractivity contribution in [3.05, 3.63) is 57.1 Å². The van der Waals surface area contributed by atoms with Crippen molar-refractivity contribution >= 4 is 39.4 Å². The van der Waals surface area contributed by atoms with E-state index in [1.807, 2.05) is 0 Å². The molecule has 1 heterocycles. The average Bonchev–Trinajstić information content (AvgIpc) is 2.90. The Morgan fingerprint density at radius 2 is 1.95 bits per heavy atom. The Morgan fingerprint density at radius 1 is 1.14 bits per heavy atom. The second-order valence-electron chi connectivity index (χ2n) is 4.54. The van der Waals surface area contributed by atoms with Crippen LogP contribution in [-0.2, 0) is 0 Å². The van der Waals surface area contributed by atoms with Gasteiger partial charge in [0.25, 0.3) is 5.69 Å². The van der Waals surface area contributed by atoms with E-state index in [9.17, 15) is 20.3 Å². The Balaban J connectivity index is 1.95. The molecule has 0 amide bonds. The third-order valence-electron chi connectivity index (χ3n) is 3.02. The highest BCUT2D eigenvalue weighted by Gasteiger charge is 2.09. The number of fused-ring (bicyclic) bond motifs is 1. The second kappa shape index (κ2) is 5.45. The topological polar surface area (TPSA) is 96.5 Å². The maximum absolute atomic E-state index is 10.8. The fourth-order valence-electron chi connectivity index (χ4n) is 1.95. The lowest BCUT2D eigenvalue weighted by molar-refractivity contribution is -0.384. The maximum Gasteiger partial charge on any atom is 0.270 e. The fraction of sp³-hybridized carbons (Fsp3) is 0. The van der Waals surface area contributed by atoms with Gasteiger partial charge in [0.1, 0.15) is 16.5 Å². The highest BCUT2D eigenvalue weighted by atomic mass is 32.1. The molecule has 0 aliphatic carbocycles. The molecule has 110 valence electrons. The highest BCUT2D eigenvalue weighted by Crippen LogP contribution is 2.29. The lowest BCUT2D eigenvalue weighted by Crippen LogP contribution is -1.85. The van der Waals surface area contributed by atoms with Crippen LogP contribution in [-0.4, -0.2) is 20.1 Å². The second-order valence-corrected chi connectivity index (χ2v) is 5.60. The molecule has 0 atom stereocenters. The molecule has 6 nitrogen and oxygen atoms in total. The summed E-state index contributed by atoms with van der Waals surface area (Å²) >= 11 is 1.31. The molecule has 0 aliphatic rings. The van der Waals surface area contributed by atoms with Crippen molar-refractivity contribution in [2.75, 3.05) is 0 Å². The summed E-state index contributed by atoms with van der Waals surface area (Å²) in [5.74, 6) is 0.100. The minimum Gasteiger partial charge on any atom is -0.508 e. The lowest BCUT2D eigenvalue weighted by Gasteiger charge is -1.98. The number of nitro benzene ring substituents is 1. The number of phenols is 2. The predicted molar refractivity (Wildman–Crippen MR) is 85.0 cm³/mol. The standard InChI is InChI=1S/C15H10N2O4S/c18-11-3-5-13(19)9(7-11)1-6-15-16-12-4-2-10(17(20)21)8-14(12)22-15/h1-8,18-19H/b6-1+. The van der Waals surface area contributed by atoms with Gasteiger partial charge < -0.3 is 10.2 Å². The zero-order valence-corrected chi connectivity index (χ0v) is 11.9. The van der Waals surface area contributed by atoms with Gasteiger partial charge in [0, 0.05) is 17.7 Å². The number of nitrogens with zero attached hydrogens (tertiary/aromatic N) is 2. The van der Waals surface area contributed by atoms with Crippen LogP contribution in [0.5, 0.6) is 11.5 Å². The van der Waals surface area contributed by atoms with E-state index in [0.29, 0.717) is 20.8 Å². The molecule has 2 aromatic carbocycles. The van der Waals surface area contributed by atoms with E-state index in [1.54, 1.807) is 18.2 Å². The first-order valence-corrected chi connectivity index (χ1v) is 7.09.